The fraction of sp³-hybridized carbons (Fsp3) is 0.333. The van der Waals surface area contributed by atoms with Crippen molar-refractivity contribution in [2.24, 2.45) is 0 Å². The van der Waals surface area contributed by atoms with Gasteiger partial charge in [-0.25, -0.2) is 0 Å². The SMILES string of the molecule is C=CC(F)(F)F.Cl[SiH2]Cl. The fourth-order valence-corrected chi connectivity index (χ4v) is 0. The minimum absolute atomic E-state index is 0.0625. The second kappa shape index (κ2) is 6.45. The number of halogens is 5. The first-order valence-electron chi connectivity index (χ1n) is 1.80. The van der Waals surface area contributed by atoms with E-state index in [1.165, 1.54) is 0 Å². The molecular formula is C3H5Cl2F3Si. The predicted octanol–water partition coefficient (Wildman–Crippen LogP) is 2.20. The maximum absolute atomic E-state index is 10.7. The lowest BCUT2D eigenvalue weighted by molar-refractivity contribution is -0.0795. The van der Waals surface area contributed by atoms with Gasteiger partial charge in [0.2, 0.25) is 8.14 Å². The molecule has 0 aromatic heterocycles. The summed E-state index contributed by atoms with van der Waals surface area (Å²) in [6.07, 6.45) is -4.26. The standard InChI is InChI=1S/C3H3F3.Cl2H2Si/c1-2-3(4,5)6;1-3-2/h2H,1H2;3H2. The molecule has 0 radical (unpaired) electrons. The molecule has 0 rings (SSSR count). The van der Waals surface area contributed by atoms with E-state index in [1.807, 2.05) is 0 Å². The van der Waals surface area contributed by atoms with E-state index in [0.29, 0.717) is 0 Å². The third kappa shape index (κ3) is 30.1. The number of alkyl halides is 3. The molecule has 0 amide bonds. The van der Waals surface area contributed by atoms with E-state index in [2.05, 4.69) is 6.58 Å². The van der Waals surface area contributed by atoms with Crippen LogP contribution < -0.4 is 0 Å². The molecule has 0 aliphatic heterocycles. The lowest BCUT2D eigenvalue weighted by atomic mass is 10.6. The molecule has 0 N–H and O–H groups in total. The van der Waals surface area contributed by atoms with Crippen LogP contribution in [-0.4, -0.2) is 14.3 Å². The van der Waals surface area contributed by atoms with Gasteiger partial charge < -0.3 is 0 Å². The van der Waals surface area contributed by atoms with Gasteiger partial charge in [-0.15, -0.1) is 0 Å². The number of rotatable bonds is 0. The van der Waals surface area contributed by atoms with E-state index in [4.69, 9.17) is 22.2 Å². The van der Waals surface area contributed by atoms with Crippen molar-refractivity contribution in [3.63, 3.8) is 0 Å². The number of allylic oxidation sites excluding steroid dienone is 1. The van der Waals surface area contributed by atoms with Crippen LogP contribution in [0.5, 0.6) is 0 Å². The van der Waals surface area contributed by atoms with Crippen LogP contribution in [0.1, 0.15) is 0 Å². The molecule has 56 valence electrons. The van der Waals surface area contributed by atoms with Crippen LogP contribution in [0.25, 0.3) is 0 Å². The fourth-order valence-electron chi connectivity index (χ4n) is 0. The van der Waals surface area contributed by atoms with Crippen molar-refractivity contribution >= 4 is 30.3 Å². The van der Waals surface area contributed by atoms with E-state index in [9.17, 15) is 13.2 Å². The second-order valence-electron chi connectivity index (χ2n) is 0.847. The largest absolute Gasteiger partial charge is 0.409 e. The topological polar surface area (TPSA) is 0 Å². The van der Waals surface area contributed by atoms with E-state index in [1.54, 1.807) is 0 Å². The molecule has 0 unspecified atom stereocenters. The summed E-state index contributed by atoms with van der Waals surface area (Å²) in [5, 5.41) is 0. The van der Waals surface area contributed by atoms with Gasteiger partial charge in [-0.2, -0.15) is 35.3 Å². The quantitative estimate of drug-likeness (QED) is 0.317. The van der Waals surface area contributed by atoms with Crippen molar-refractivity contribution in [1.82, 2.24) is 0 Å². The van der Waals surface area contributed by atoms with Gasteiger partial charge in [0.25, 0.3) is 0 Å². The molecule has 0 fully saturated rings. The zero-order valence-electron chi connectivity index (χ0n) is 4.38. The van der Waals surface area contributed by atoms with E-state index < -0.39 is 14.3 Å². The van der Waals surface area contributed by atoms with Crippen molar-refractivity contribution in [1.29, 1.82) is 0 Å². The first-order valence-corrected chi connectivity index (χ1v) is 6.07. The van der Waals surface area contributed by atoms with Gasteiger partial charge in [0.15, 0.2) is 0 Å². The van der Waals surface area contributed by atoms with Crippen LogP contribution in [-0.2, 0) is 0 Å². The molecule has 0 heterocycles. The lowest BCUT2D eigenvalue weighted by Crippen LogP contribution is -1.98. The van der Waals surface area contributed by atoms with Crippen LogP contribution >= 0.6 is 22.2 Å². The summed E-state index contributed by atoms with van der Waals surface area (Å²) in [6, 6.07) is 0. The third-order valence-electron chi connectivity index (χ3n) is 0.231. The van der Waals surface area contributed by atoms with Gasteiger partial charge >= 0.3 is 6.18 Å². The molecule has 0 atom stereocenters. The number of hydrogen-bond donors (Lipinski definition) is 0. The van der Waals surface area contributed by atoms with Gasteiger partial charge in [-0.3, -0.25) is 0 Å². The summed E-state index contributed by atoms with van der Waals surface area (Å²) in [7, 11) is -0.639. The third-order valence-corrected chi connectivity index (χ3v) is 0.231. The van der Waals surface area contributed by atoms with Crippen molar-refractivity contribution < 1.29 is 13.2 Å². The Morgan fingerprint density at radius 1 is 1.33 bits per heavy atom. The van der Waals surface area contributed by atoms with Gasteiger partial charge in [-0.05, 0) is 0 Å². The molecule has 9 heavy (non-hydrogen) atoms. The van der Waals surface area contributed by atoms with Crippen LogP contribution in [0, 0.1) is 0 Å². The average molecular weight is 197 g/mol. The van der Waals surface area contributed by atoms with Gasteiger partial charge in [0.05, 0.1) is 0 Å². The first kappa shape index (κ1) is 12.0. The van der Waals surface area contributed by atoms with Crippen molar-refractivity contribution in [3.8, 4) is 0 Å². The zero-order chi connectivity index (χ0) is 7.91. The van der Waals surface area contributed by atoms with E-state index >= 15 is 0 Å². The Labute approximate surface area is 62.9 Å². The predicted molar refractivity (Wildman–Crippen MR) is 36.5 cm³/mol. The average Bonchev–Trinajstić information content (AvgIpc) is 1.67. The Balaban J connectivity index is 0. The Bertz CT molecular complexity index is 71.9. The van der Waals surface area contributed by atoms with Crippen LogP contribution in [0.2, 0.25) is 0 Å². The molecule has 0 aromatic carbocycles. The maximum atomic E-state index is 10.7. The first-order chi connectivity index (χ1) is 3.97. The molecule has 0 nitrogen and oxygen atoms in total. The minimum Gasteiger partial charge on any atom is -0.167 e. The Morgan fingerprint density at radius 3 is 1.44 bits per heavy atom. The van der Waals surface area contributed by atoms with E-state index in [0.717, 1.165) is 0 Å². The lowest BCUT2D eigenvalue weighted by Gasteiger charge is -1.91. The normalized spacial score (nSPS) is 9.44. The van der Waals surface area contributed by atoms with Crippen LogP contribution in [0.4, 0.5) is 13.2 Å². The Hall–Kier alpha value is 0.327. The van der Waals surface area contributed by atoms with Crippen molar-refractivity contribution in [2.75, 3.05) is 0 Å². The molecule has 6 heteroatoms. The molecule has 0 saturated carbocycles. The summed E-state index contributed by atoms with van der Waals surface area (Å²) in [5.41, 5.74) is 0. The van der Waals surface area contributed by atoms with Crippen molar-refractivity contribution in [3.05, 3.63) is 12.7 Å². The minimum atomic E-state index is -4.19. The molecular weight excluding hydrogens is 192 g/mol. The molecule has 0 aliphatic rings. The zero-order valence-corrected chi connectivity index (χ0v) is 7.31. The molecule has 0 aromatic rings. The highest BCUT2D eigenvalue weighted by atomic mass is 35.7. The number of hydrogen-bond acceptors (Lipinski definition) is 0. The second-order valence-corrected chi connectivity index (χ2v) is 3.47. The molecule has 0 bridgehead atoms. The summed E-state index contributed by atoms with van der Waals surface area (Å²) in [6.45, 7) is 2.51. The van der Waals surface area contributed by atoms with Gasteiger partial charge in [-0.1, -0.05) is 6.58 Å². The van der Waals surface area contributed by atoms with Gasteiger partial charge in [0, 0.05) is 6.08 Å². The summed E-state index contributed by atoms with van der Waals surface area (Å²) < 4.78 is 32.0. The molecule has 0 saturated heterocycles. The smallest absolute Gasteiger partial charge is 0.167 e. The molecule has 0 spiro atoms. The van der Waals surface area contributed by atoms with Crippen molar-refractivity contribution in [2.45, 2.75) is 6.18 Å². The highest BCUT2D eigenvalue weighted by Crippen LogP contribution is 2.13. The highest BCUT2D eigenvalue weighted by molar-refractivity contribution is 7.22. The maximum Gasteiger partial charge on any atom is 0.409 e. The van der Waals surface area contributed by atoms with Crippen LogP contribution in [0.3, 0.4) is 0 Å². The summed E-state index contributed by atoms with van der Waals surface area (Å²) >= 11 is 9.81. The van der Waals surface area contributed by atoms with Crippen LogP contribution in [0.15, 0.2) is 12.7 Å². The van der Waals surface area contributed by atoms with E-state index in [-0.39, 0.29) is 6.08 Å². The Morgan fingerprint density at radius 2 is 1.44 bits per heavy atom. The van der Waals surface area contributed by atoms with Gasteiger partial charge in [0.1, 0.15) is 0 Å². The molecule has 0 aliphatic carbocycles. The highest BCUT2D eigenvalue weighted by Gasteiger charge is 2.19. The summed E-state index contributed by atoms with van der Waals surface area (Å²) in [5.74, 6) is 0. The monoisotopic (exact) mass is 196 g/mol. The summed E-state index contributed by atoms with van der Waals surface area (Å²) in [4.78, 5) is 0. The Kier molecular flexibility index (Phi) is 8.63.